The van der Waals surface area contributed by atoms with Crippen LogP contribution in [-0.2, 0) is 9.78 Å². The van der Waals surface area contributed by atoms with Crippen molar-refractivity contribution in [2.24, 2.45) is 0 Å². The van der Waals surface area contributed by atoms with Crippen molar-refractivity contribution in [2.45, 2.75) is 32.1 Å². The lowest BCUT2D eigenvalue weighted by atomic mass is 9.98. The maximum absolute atomic E-state index is 12.0. The molecule has 0 amide bonds. The van der Waals surface area contributed by atoms with Crippen LogP contribution in [0.25, 0.3) is 11.1 Å². The summed E-state index contributed by atoms with van der Waals surface area (Å²) in [6.07, 6.45) is 6.10. The van der Waals surface area contributed by atoms with Gasteiger partial charge in [-0.05, 0) is 36.1 Å². The molecule has 22 heavy (non-hydrogen) atoms. The maximum Gasteiger partial charge on any atom is 0.373 e. The van der Waals surface area contributed by atoms with Gasteiger partial charge in [-0.25, -0.2) is 4.79 Å². The van der Waals surface area contributed by atoms with Gasteiger partial charge in [0.05, 0.1) is 5.56 Å². The van der Waals surface area contributed by atoms with Crippen molar-refractivity contribution in [2.75, 3.05) is 0 Å². The van der Waals surface area contributed by atoms with E-state index in [0.29, 0.717) is 5.56 Å². The lowest BCUT2D eigenvalue weighted by Gasteiger charge is -2.18. The van der Waals surface area contributed by atoms with Crippen LogP contribution in [0.1, 0.15) is 42.5 Å². The first-order valence-electron chi connectivity index (χ1n) is 7.72. The molecule has 1 fully saturated rings. The third-order valence-electron chi connectivity index (χ3n) is 3.87. The van der Waals surface area contributed by atoms with Crippen LogP contribution in [-0.4, -0.2) is 5.97 Å². The molecule has 0 spiro atoms. The van der Waals surface area contributed by atoms with Crippen LogP contribution in [0, 0.1) is 6.10 Å². The number of hydrogen-bond donors (Lipinski definition) is 0. The molecular formula is C19H19O3. The third kappa shape index (κ3) is 3.74. The quantitative estimate of drug-likeness (QED) is 0.592. The zero-order valence-electron chi connectivity index (χ0n) is 12.5. The second-order valence-corrected chi connectivity index (χ2v) is 5.50. The second kappa shape index (κ2) is 7.23. The van der Waals surface area contributed by atoms with Gasteiger partial charge in [0.1, 0.15) is 6.10 Å². The van der Waals surface area contributed by atoms with E-state index in [1.54, 1.807) is 12.1 Å². The van der Waals surface area contributed by atoms with E-state index in [1.165, 1.54) is 6.42 Å². The molecule has 113 valence electrons. The van der Waals surface area contributed by atoms with Gasteiger partial charge >= 0.3 is 5.97 Å². The highest BCUT2D eigenvalue weighted by atomic mass is 17.2. The molecule has 0 N–H and O–H groups in total. The number of carbonyl (C=O) groups excluding carboxylic acids is 1. The summed E-state index contributed by atoms with van der Waals surface area (Å²) in [5.41, 5.74) is 2.69. The van der Waals surface area contributed by atoms with Gasteiger partial charge in [-0.15, -0.1) is 0 Å². The topological polar surface area (TPSA) is 35.5 Å². The molecule has 3 heteroatoms. The van der Waals surface area contributed by atoms with Gasteiger partial charge in [-0.1, -0.05) is 61.7 Å². The van der Waals surface area contributed by atoms with E-state index in [0.717, 1.165) is 42.9 Å². The van der Waals surface area contributed by atoms with Gasteiger partial charge in [0.2, 0.25) is 0 Å². The van der Waals surface area contributed by atoms with Crippen molar-refractivity contribution in [1.29, 1.82) is 0 Å². The van der Waals surface area contributed by atoms with Gasteiger partial charge in [0, 0.05) is 0 Å². The van der Waals surface area contributed by atoms with Crippen LogP contribution < -0.4 is 0 Å². The highest BCUT2D eigenvalue weighted by Crippen LogP contribution is 2.27. The molecule has 1 aliphatic carbocycles. The Morgan fingerprint density at radius 1 is 0.773 bits per heavy atom. The molecule has 3 rings (SSSR count). The number of benzene rings is 2. The monoisotopic (exact) mass is 295 g/mol. The molecule has 0 heterocycles. The summed E-state index contributed by atoms with van der Waals surface area (Å²) in [5, 5.41) is 0. The predicted molar refractivity (Wildman–Crippen MR) is 84.7 cm³/mol. The summed E-state index contributed by atoms with van der Waals surface area (Å²) in [7, 11) is 0. The van der Waals surface area contributed by atoms with E-state index < -0.39 is 5.97 Å². The fourth-order valence-corrected chi connectivity index (χ4v) is 2.60. The Labute approximate surface area is 130 Å². The normalized spacial score (nSPS) is 15.5. The number of carbonyl (C=O) groups is 1. The summed E-state index contributed by atoms with van der Waals surface area (Å²) in [6.45, 7) is 0. The van der Waals surface area contributed by atoms with Crippen LogP contribution in [0.4, 0.5) is 0 Å². The average molecular weight is 295 g/mol. The lowest BCUT2D eigenvalue weighted by molar-refractivity contribution is -0.239. The molecule has 1 radical (unpaired) electrons. The van der Waals surface area contributed by atoms with Gasteiger partial charge in [0.25, 0.3) is 0 Å². The maximum atomic E-state index is 12.0. The zero-order valence-corrected chi connectivity index (χ0v) is 12.5. The fourth-order valence-electron chi connectivity index (χ4n) is 2.60. The Bertz CT molecular complexity index is 598. The first kappa shape index (κ1) is 14.8. The Morgan fingerprint density at radius 2 is 1.41 bits per heavy atom. The summed E-state index contributed by atoms with van der Waals surface area (Å²) in [5.74, 6) is -0.447. The highest BCUT2D eigenvalue weighted by Gasteiger charge is 2.18. The molecule has 0 aromatic heterocycles. The van der Waals surface area contributed by atoms with E-state index in [-0.39, 0.29) is 0 Å². The molecule has 0 bridgehead atoms. The van der Waals surface area contributed by atoms with Gasteiger partial charge in [0.15, 0.2) is 0 Å². The van der Waals surface area contributed by atoms with E-state index in [2.05, 4.69) is 0 Å². The minimum atomic E-state index is -0.447. The van der Waals surface area contributed by atoms with Crippen LogP contribution >= 0.6 is 0 Å². The van der Waals surface area contributed by atoms with Crippen molar-refractivity contribution in [3.63, 3.8) is 0 Å². The highest BCUT2D eigenvalue weighted by molar-refractivity contribution is 5.89. The summed E-state index contributed by atoms with van der Waals surface area (Å²) < 4.78 is 0. The Morgan fingerprint density at radius 3 is 2.09 bits per heavy atom. The van der Waals surface area contributed by atoms with E-state index in [4.69, 9.17) is 9.78 Å². The Hall–Kier alpha value is -2.13. The van der Waals surface area contributed by atoms with Crippen molar-refractivity contribution < 1.29 is 14.6 Å². The van der Waals surface area contributed by atoms with Crippen molar-refractivity contribution in [1.82, 2.24) is 0 Å². The second-order valence-electron chi connectivity index (χ2n) is 5.50. The Balaban J connectivity index is 1.59. The average Bonchev–Trinajstić information content (AvgIpc) is 2.61. The molecule has 1 saturated carbocycles. The molecular weight excluding hydrogens is 276 g/mol. The molecule has 2 aromatic rings. The standard InChI is InChI=1S/C19H19O3/c20-19(22-21-18-9-5-2-6-10-18)17-13-11-16(12-14-17)15-7-3-1-4-8-15/h1,3-4,7-8,11-14H,2,5-6,9-10H2. The summed E-state index contributed by atoms with van der Waals surface area (Å²) in [6, 6.07) is 17.4. The molecule has 0 saturated heterocycles. The van der Waals surface area contributed by atoms with Crippen LogP contribution in [0.15, 0.2) is 54.6 Å². The van der Waals surface area contributed by atoms with Crippen molar-refractivity contribution in [3.05, 3.63) is 66.3 Å². The van der Waals surface area contributed by atoms with Gasteiger partial charge in [-0.2, -0.15) is 4.89 Å². The van der Waals surface area contributed by atoms with Crippen molar-refractivity contribution in [3.8, 4) is 11.1 Å². The summed E-state index contributed by atoms with van der Waals surface area (Å²) in [4.78, 5) is 22.1. The smallest absolute Gasteiger partial charge is 0.292 e. The van der Waals surface area contributed by atoms with Gasteiger partial charge in [-0.3, -0.25) is 4.89 Å². The first-order valence-corrected chi connectivity index (χ1v) is 7.72. The first-order chi connectivity index (χ1) is 10.8. The van der Waals surface area contributed by atoms with Crippen LogP contribution in [0.5, 0.6) is 0 Å². The molecule has 3 nitrogen and oxygen atoms in total. The van der Waals surface area contributed by atoms with Gasteiger partial charge < -0.3 is 0 Å². The van der Waals surface area contributed by atoms with Crippen molar-refractivity contribution >= 4 is 5.97 Å². The molecule has 0 aliphatic heterocycles. The van der Waals surface area contributed by atoms with E-state index in [9.17, 15) is 4.79 Å². The largest absolute Gasteiger partial charge is 0.373 e. The van der Waals surface area contributed by atoms with Crippen LogP contribution in [0.3, 0.4) is 0 Å². The molecule has 1 aliphatic rings. The SMILES string of the molecule is O=C(OO[C]1CCCCC1)c1ccc(-c2ccccc2)cc1. The zero-order chi connectivity index (χ0) is 15.2. The van der Waals surface area contributed by atoms with E-state index >= 15 is 0 Å². The number of hydrogen-bond acceptors (Lipinski definition) is 3. The number of rotatable bonds is 4. The predicted octanol–water partition coefficient (Wildman–Crippen LogP) is 4.94. The molecule has 0 atom stereocenters. The Kier molecular flexibility index (Phi) is 4.86. The molecule has 2 aromatic carbocycles. The lowest BCUT2D eigenvalue weighted by Crippen LogP contribution is -2.12. The fraction of sp³-hybridized carbons (Fsp3) is 0.263. The third-order valence-corrected chi connectivity index (χ3v) is 3.87. The van der Waals surface area contributed by atoms with Crippen LogP contribution in [0.2, 0.25) is 0 Å². The minimum Gasteiger partial charge on any atom is -0.292 e. The molecule has 0 unspecified atom stereocenters. The van der Waals surface area contributed by atoms with E-state index in [1.807, 2.05) is 42.5 Å². The minimum absolute atomic E-state index is 0.447. The summed E-state index contributed by atoms with van der Waals surface area (Å²) >= 11 is 0.